The molecule has 1 unspecified atom stereocenters. The summed E-state index contributed by atoms with van der Waals surface area (Å²) in [6.07, 6.45) is 1.45. The molecule has 19 heavy (non-hydrogen) atoms. The van der Waals surface area contributed by atoms with Gasteiger partial charge in [0.2, 0.25) is 0 Å². The van der Waals surface area contributed by atoms with E-state index in [1.54, 1.807) is 6.92 Å². The van der Waals surface area contributed by atoms with Crippen molar-refractivity contribution in [2.24, 2.45) is 0 Å². The summed E-state index contributed by atoms with van der Waals surface area (Å²) in [6, 6.07) is 2.88. The molecule has 3 nitrogen and oxygen atoms in total. The van der Waals surface area contributed by atoms with Gasteiger partial charge in [-0.2, -0.15) is 0 Å². The second-order valence-electron chi connectivity index (χ2n) is 4.56. The van der Waals surface area contributed by atoms with Gasteiger partial charge in [-0.15, -0.1) is 0 Å². The number of rotatable bonds is 4. The van der Waals surface area contributed by atoms with E-state index < -0.39 is 29.8 Å². The Bertz CT molecular complexity index is 456. The Morgan fingerprint density at radius 3 is 2.84 bits per heavy atom. The van der Waals surface area contributed by atoms with Crippen molar-refractivity contribution in [3.05, 3.63) is 35.4 Å². The number of ether oxygens (including phenoxy) is 2. The molecule has 5 heteroatoms. The molecule has 2 rings (SSSR count). The van der Waals surface area contributed by atoms with Crippen molar-refractivity contribution < 1.29 is 23.0 Å². The lowest BCUT2D eigenvalue weighted by molar-refractivity contribution is -0.174. The van der Waals surface area contributed by atoms with Gasteiger partial charge in [0.1, 0.15) is 17.7 Å². The molecule has 0 saturated carbocycles. The Balaban J connectivity index is 2.01. The molecule has 104 valence electrons. The summed E-state index contributed by atoms with van der Waals surface area (Å²) in [5.41, 5.74) is -0.162. The smallest absolute Gasteiger partial charge is 0.194 e. The molecule has 0 spiro atoms. The van der Waals surface area contributed by atoms with Gasteiger partial charge in [0, 0.05) is 12.7 Å². The van der Waals surface area contributed by atoms with Crippen LogP contribution in [0.2, 0.25) is 0 Å². The van der Waals surface area contributed by atoms with E-state index in [2.05, 4.69) is 0 Å². The van der Waals surface area contributed by atoms with Crippen LogP contribution < -0.4 is 0 Å². The molecule has 0 aliphatic carbocycles. The van der Waals surface area contributed by atoms with Crippen molar-refractivity contribution in [3.8, 4) is 0 Å². The molecule has 2 atom stereocenters. The highest BCUT2D eigenvalue weighted by atomic mass is 19.1. The van der Waals surface area contributed by atoms with Crippen molar-refractivity contribution in [2.45, 2.75) is 38.6 Å². The van der Waals surface area contributed by atoms with E-state index in [-0.39, 0.29) is 5.56 Å². The third kappa shape index (κ3) is 3.58. The number of hydrogen-bond donors (Lipinski definition) is 0. The number of carbonyl (C=O) groups is 1. The Labute approximate surface area is 110 Å². The molecule has 1 aromatic carbocycles. The zero-order valence-electron chi connectivity index (χ0n) is 10.7. The number of Topliss-reactive ketones (excluding diaryl/α,β-unsaturated/α-hetero) is 1. The quantitative estimate of drug-likeness (QED) is 0.789. The van der Waals surface area contributed by atoms with Crippen LogP contribution in [0.3, 0.4) is 0 Å². The van der Waals surface area contributed by atoms with Crippen LogP contribution in [0.1, 0.15) is 36.5 Å². The SMILES string of the molecule is C[C@H](OC1CCCCO1)C(=O)c1ccc(F)cc1F. The molecule has 0 bridgehead atoms. The van der Waals surface area contributed by atoms with Crippen LogP contribution in [0.25, 0.3) is 0 Å². The summed E-state index contributed by atoms with van der Waals surface area (Å²) in [5, 5.41) is 0. The predicted octanol–water partition coefficient (Wildman–Crippen LogP) is 3.08. The average Bonchev–Trinajstić information content (AvgIpc) is 2.39. The second kappa shape index (κ2) is 6.21. The van der Waals surface area contributed by atoms with Gasteiger partial charge < -0.3 is 9.47 Å². The first-order valence-corrected chi connectivity index (χ1v) is 6.34. The molecule has 1 fully saturated rings. The third-order valence-corrected chi connectivity index (χ3v) is 3.06. The largest absolute Gasteiger partial charge is 0.353 e. The summed E-state index contributed by atoms with van der Waals surface area (Å²) >= 11 is 0. The molecule has 0 amide bonds. The maximum absolute atomic E-state index is 13.5. The second-order valence-corrected chi connectivity index (χ2v) is 4.56. The van der Waals surface area contributed by atoms with E-state index in [0.717, 1.165) is 31.4 Å². The average molecular weight is 270 g/mol. The van der Waals surface area contributed by atoms with Crippen molar-refractivity contribution in [3.63, 3.8) is 0 Å². The highest BCUT2D eigenvalue weighted by Crippen LogP contribution is 2.18. The summed E-state index contributed by atoms with van der Waals surface area (Å²) in [6.45, 7) is 2.15. The normalized spacial score (nSPS) is 21.1. The fourth-order valence-corrected chi connectivity index (χ4v) is 2.02. The molecule has 0 radical (unpaired) electrons. The van der Waals surface area contributed by atoms with Crippen LogP contribution in [0.15, 0.2) is 18.2 Å². The number of benzene rings is 1. The van der Waals surface area contributed by atoms with Gasteiger partial charge in [-0.3, -0.25) is 4.79 Å². The van der Waals surface area contributed by atoms with Gasteiger partial charge in [-0.25, -0.2) is 8.78 Å². The minimum atomic E-state index is -0.870. The maximum Gasteiger partial charge on any atom is 0.194 e. The van der Waals surface area contributed by atoms with Crippen LogP contribution in [0.4, 0.5) is 8.78 Å². The lowest BCUT2D eigenvalue weighted by Gasteiger charge is -2.25. The minimum absolute atomic E-state index is 0.162. The third-order valence-electron chi connectivity index (χ3n) is 3.06. The maximum atomic E-state index is 13.5. The van der Waals surface area contributed by atoms with E-state index in [0.29, 0.717) is 12.7 Å². The molecule has 0 aromatic heterocycles. The van der Waals surface area contributed by atoms with Gasteiger partial charge in [0.05, 0.1) is 5.56 Å². The van der Waals surface area contributed by atoms with Gasteiger partial charge in [0.25, 0.3) is 0 Å². The van der Waals surface area contributed by atoms with Gasteiger partial charge >= 0.3 is 0 Å². The zero-order valence-corrected chi connectivity index (χ0v) is 10.7. The standard InChI is InChI=1S/C14H16F2O3/c1-9(19-13-4-2-3-7-18-13)14(17)11-6-5-10(15)8-12(11)16/h5-6,8-9,13H,2-4,7H2,1H3/t9-,13?/m0/s1. The van der Waals surface area contributed by atoms with Crippen LogP contribution in [0.5, 0.6) is 0 Å². The lowest BCUT2D eigenvalue weighted by Crippen LogP contribution is -2.31. The molecule has 0 N–H and O–H groups in total. The lowest BCUT2D eigenvalue weighted by atomic mass is 10.1. The Kier molecular flexibility index (Phi) is 4.61. The van der Waals surface area contributed by atoms with Crippen LogP contribution in [0, 0.1) is 11.6 Å². The molecule has 1 aliphatic heterocycles. The van der Waals surface area contributed by atoms with Crippen molar-refractivity contribution in [1.29, 1.82) is 0 Å². The first kappa shape index (κ1) is 14.1. The van der Waals surface area contributed by atoms with E-state index in [4.69, 9.17) is 9.47 Å². The first-order valence-electron chi connectivity index (χ1n) is 6.34. The van der Waals surface area contributed by atoms with Crippen molar-refractivity contribution in [2.75, 3.05) is 6.61 Å². The van der Waals surface area contributed by atoms with E-state index >= 15 is 0 Å². The van der Waals surface area contributed by atoms with Gasteiger partial charge in [0.15, 0.2) is 12.1 Å². The summed E-state index contributed by atoms with van der Waals surface area (Å²) in [4.78, 5) is 12.0. The van der Waals surface area contributed by atoms with Crippen LogP contribution in [-0.2, 0) is 9.47 Å². The van der Waals surface area contributed by atoms with E-state index in [1.165, 1.54) is 0 Å². The first-order chi connectivity index (χ1) is 9.08. The fraction of sp³-hybridized carbons (Fsp3) is 0.500. The summed E-state index contributed by atoms with van der Waals surface area (Å²) < 4.78 is 37.1. The molecule has 1 aliphatic rings. The summed E-state index contributed by atoms with van der Waals surface area (Å²) in [7, 11) is 0. The highest BCUT2D eigenvalue weighted by Gasteiger charge is 2.24. The van der Waals surface area contributed by atoms with Crippen molar-refractivity contribution in [1.82, 2.24) is 0 Å². The van der Waals surface area contributed by atoms with Crippen molar-refractivity contribution >= 4 is 5.78 Å². The Morgan fingerprint density at radius 1 is 1.42 bits per heavy atom. The number of ketones is 1. The van der Waals surface area contributed by atoms with E-state index in [9.17, 15) is 13.6 Å². The van der Waals surface area contributed by atoms with Crippen LogP contribution in [-0.4, -0.2) is 24.8 Å². The number of carbonyl (C=O) groups excluding carboxylic acids is 1. The number of halogens is 2. The van der Waals surface area contributed by atoms with Gasteiger partial charge in [-0.1, -0.05) is 0 Å². The van der Waals surface area contributed by atoms with E-state index in [1.807, 2.05) is 0 Å². The monoisotopic (exact) mass is 270 g/mol. The fourth-order valence-electron chi connectivity index (χ4n) is 2.02. The molecule has 1 aromatic rings. The highest BCUT2D eigenvalue weighted by molar-refractivity contribution is 5.99. The Morgan fingerprint density at radius 2 is 2.21 bits per heavy atom. The predicted molar refractivity (Wildman–Crippen MR) is 64.8 cm³/mol. The summed E-state index contributed by atoms with van der Waals surface area (Å²) in [5.74, 6) is -2.09. The molecular weight excluding hydrogens is 254 g/mol. The Hall–Kier alpha value is -1.33. The number of hydrogen-bond acceptors (Lipinski definition) is 3. The molecule has 1 saturated heterocycles. The van der Waals surface area contributed by atoms with Crippen LogP contribution >= 0.6 is 0 Å². The minimum Gasteiger partial charge on any atom is -0.353 e. The molecular formula is C14H16F2O3. The van der Waals surface area contributed by atoms with Gasteiger partial charge in [-0.05, 0) is 38.3 Å². The zero-order chi connectivity index (χ0) is 13.8. The molecule has 1 heterocycles. The topological polar surface area (TPSA) is 35.5 Å².